The number of nitrogens with one attached hydrogen (secondary N) is 1. The van der Waals surface area contributed by atoms with Gasteiger partial charge in [-0.05, 0) is 31.0 Å². The van der Waals surface area contributed by atoms with Gasteiger partial charge < -0.3 is 15.0 Å². The molecule has 0 aliphatic carbocycles. The number of carbonyl (C=O) groups is 2. The summed E-state index contributed by atoms with van der Waals surface area (Å²) in [7, 11) is 1.74. The minimum atomic E-state index is -0.456. The summed E-state index contributed by atoms with van der Waals surface area (Å²) >= 11 is 0. The summed E-state index contributed by atoms with van der Waals surface area (Å²) in [5.41, 5.74) is 1.70. The molecular weight excluding hydrogens is 268 g/mol. The molecule has 2 amide bonds. The lowest BCUT2D eigenvalue weighted by Crippen LogP contribution is -2.42. The van der Waals surface area contributed by atoms with E-state index in [0.717, 1.165) is 24.1 Å². The number of anilines is 1. The third-order valence-electron chi connectivity index (χ3n) is 3.61. The summed E-state index contributed by atoms with van der Waals surface area (Å²) in [4.78, 5) is 25.1. The maximum atomic E-state index is 11.9. The Kier molecular flexibility index (Phi) is 4.83. The number of ether oxygens (including phenoxy) is 1. The first-order valence-electron chi connectivity index (χ1n) is 7.36. The SMILES string of the molecule is CCCCC(=O)NCc1ccc2c(c1)N(C)C(=O)C(C)O2. The average Bonchev–Trinajstić information content (AvgIpc) is 2.49. The molecule has 1 heterocycles. The van der Waals surface area contributed by atoms with Gasteiger partial charge in [-0.3, -0.25) is 9.59 Å². The van der Waals surface area contributed by atoms with Crippen molar-refractivity contribution in [2.45, 2.75) is 45.8 Å². The van der Waals surface area contributed by atoms with Crippen molar-refractivity contribution in [3.8, 4) is 5.75 Å². The Morgan fingerprint density at radius 2 is 2.19 bits per heavy atom. The van der Waals surface area contributed by atoms with E-state index >= 15 is 0 Å². The molecule has 114 valence electrons. The minimum absolute atomic E-state index is 0.0591. The molecule has 2 rings (SSSR count). The van der Waals surface area contributed by atoms with Gasteiger partial charge in [-0.1, -0.05) is 19.4 Å². The Morgan fingerprint density at radius 1 is 1.43 bits per heavy atom. The van der Waals surface area contributed by atoms with Gasteiger partial charge >= 0.3 is 0 Å². The zero-order valence-electron chi connectivity index (χ0n) is 12.8. The molecule has 0 radical (unpaired) electrons. The Hall–Kier alpha value is -2.04. The first kappa shape index (κ1) is 15.4. The van der Waals surface area contributed by atoms with Crippen LogP contribution < -0.4 is 15.0 Å². The summed E-state index contributed by atoms with van der Waals surface area (Å²) < 4.78 is 5.57. The Labute approximate surface area is 125 Å². The van der Waals surface area contributed by atoms with Crippen molar-refractivity contribution < 1.29 is 14.3 Å². The number of unbranched alkanes of at least 4 members (excludes halogenated alkanes) is 1. The number of hydrogen-bond donors (Lipinski definition) is 1. The molecule has 0 fully saturated rings. The first-order valence-corrected chi connectivity index (χ1v) is 7.36. The van der Waals surface area contributed by atoms with Crippen molar-refractivity contribution in [3.63, 3.8) is 0 Å². The summed E-state index contributed by atoms with van der Waals surface area (Å²) in [5.74, 6) is 0.696. The molecule has 0 saturated heterocycles. The van der Waals surface area contributed by atoms with Crippen LogP contribution >= 0.6 is 0 Å². The van der Waals surface area contributed by atoms with Gasteiger partial charge in [0.15, 0.2) is 6.10 Å². The van der Waals surface area contributed by atoms with Gasteiger partial charge in [-0.15, -0.1) is 0 Å². The monoisotopic (exact) mass is 290 g/mol. The number of fused-ring (bicyclic) bond motifs is 1. The number of likely N-dealkylation sites (N-methyl/N-ethyl adjacent to an activating group) is 1. The first-order chi connectivity index (χ1) is 10.0. The number of benzene rings is 1. The van der Waals surface area contributed by atoms with Crippen LogP contribution in [0, 0.1) is 0 Å². The van der Waals surface area contributed by atoms with Crippen LogP contribution in [-0.2, 0) is 16.1 Å². The number of hydrogen-bond acceptors (Lipinski definition) is 3. The van der Waals surface area contributed by atoms with E-state index in [9.17, 15) is 9.59 Å². The van der Waals surface area contributed by atoms with Gasteiger partial charge in [-0.2, -0.15) is 0 Å². The van der Waals surface area contributed by atoms with E-state index in [2.05, 4.69) is 12.2 Å². The van der Waals surface area contributed by atoms with E-state index in [1.807, 2.05) is 18.2 Å². The summed E-state index contributed by atoms with van der Waals surface area (Å²) in [6.07, 6.45) is 2.01. The second-order valence-corrected chi connectivity index (χ2v) is 5.34. The largest absolute Gasteiger partial charge is 0.479 e. The van der Waals surface area contributed by atoms with Gasteiger partial charge in [0.2, 0.25) is 5.91 Å². The number of carbonyl (C=O) groups excluding carboxylic acids is 2. The zero-order chi connectivity index (χ0) is 15.4. The lowest BCUT2D eigenvalue weighted by Gasteiger charge is -2.30. The predicted molar refractivity (Wildman–Crippen MR) is 81.3 cm³/mol. The number of nitrogens with zero attached hydrogens (tertiary/aromatic N) is 1. The summed E-state index contributed by atoms with van der Waals surface area (Å²) in [6.45, 7) is 4.27. The van der Waals surface area contributed by atoms with E-state index in [4.69, 9.17) is 4.74 Å². The third kappa shape index (κ3) is 3.54. The zero-order valence-corrected chi connectivity index (χ0v) is 12.8. The predicted octanol–water partition coefficient (Wildman–Crippen LogP) is 2.24. The van der Waals surface area contributed by atoms with Crippen LogP contribution in [-0.4, -0.2) is 25.0 Å². The fourth-order valence-corrected chi connectivity index (χ4v) is 2.29. The van der Waals surface area contributed by atoms with Crippen molar-refractivity contribution in [1.29, 1.82) is 0 Å². The molecular formula is C16H22N2O3. The highest BCUT2D eigenvalue weighted by Crippen LogP contribution is 2.33. The Balaban J connectivity index is 2.04. The molecule has 21 heavy (non-hydrogen) atoms. The molecule has 1 aromatic carbocycles. The molecule has 1 aliphatic rings. The average molecular weight is 290 g/mol. The van der Waals surface area contributed by atoms with Crippen LogP contribution in [0.4, 0.5) is 5.69 Å². The van der Waals surface area contributed by atoms with Gasteiger partial charge in [0.1, 0.15) is 5.75 Å². The topological polar surface area (TPSA) is 58.6 Å². The van der Waals surface area contributed by atoms with Crippen LogP contribution in [0.15, 0.2) is 18.2 Å². The highest BCUT2D eigenvalue weighted by Gasteiger charge is 2.28. The fourth-order valence-electron chi connectivity index (χ4n) is 2.29. The summed E-state index contributed by atoms with van der Waals surface area (Å²) in [5, 5.41) is 2.89. The number of amides is 2. The molecule has 1 N–H and O–H groups in total. The smallest absolute Gasteiger partial charge is 0.267 e. The Morgan fingerprint density at radius 3 is 2.90 bits per heavy atom. The molecule has 1 aliphatic heterocycles. The van der Waals surface area contributed by atoms with E-state index < -0.39 is 6.10 Å². The van der Waals surface area contributed by atoms with Crippen molar-refractivity contribution in [2.24, 2.45) is 0 Å². The van der Waals surface area contributed by atoms with Crippen molar-refractivity contribution in [2.75, 3.05) is 11.9 Å². The fraction of sp³-hybridized carbons (Fsp3) is 0.500. The van der Waals surface area contributed by atoms with Crippen LogP contribution in [0.3, 0.4) is 0 Å². The van der Waals surface area contributed by atoms with Gasteiger partial charge in [-0.25, -0.2) is 0 Å². The molecule has 1 aromatic rings. The maximum Gasteiger partial charge on any atom is 0.267 e. The van der Waals surface area contributed by atoms with E-state index in [1.165, 1.54) is 0 Å². The standard InChI is InChI=1S/C16H22N2O3/c1-4-5-6-15(19)17-10-12-7-8-14-13(9-12)18(3)16(20)11(2)21-14/h7-9,11H,4-6,10H2,1-3H3,(H,17,19). The normalized spacial score (nSPS) is 17.2. The van der Waals surface area contributed by atoms with E-state index in [1.54, 1.807) is 18.9 Å². The second-order valence-electron chi connectivity index (χ2n) is 5.34. The van der Waals surface area contributed by atoms with Crippen molar-refractivity contribution >= 4 is 17.5 Å². The quantitative estimate of drug-likeness (QED) is 0.904. The summed E-state index contributed by atoms with van der Waals surface area (Å²) in [6, 6.07) is 5.65. The van der Waals surface area contributed by atoms with Crippen LogP contribution in [0.2, 0.25) is 0 Å². The van der Waals surface area contributed by atoms with Crippen molar-refractivity contribution in [1.82, 2.24) is 5.32 Å². The van der Waals surface area contributed by atoms with Crippen LogP contribution in [0.25, 0.3) is 0 Å². The van der Waals surface area contributed by atoms with E-state index in [-0.39, 0.29) is 11.8 Å². The van der Waals surface area contributed by atoms with Gasteiger partial charge in [0.25, 0.3) is 5.91 Å². The molecule has 0 spiro atoms. The molecule has 0 saturated carbocycles. The van der Waals surface area contributed by atoms with Gasteiger partial charge in [0, 0.05) is 20.0 Å². The molecule has 1 atom stereocenters. The van der Waals surface area contributed by atoms with Gasteiger partial charge in [0.05, 0.1) is 5.69 Å². The minimum Gasteiger partial charge on any atom is -0.479 e. The molecule has 5 heteroatoms. The molecule has 0 aromatic heterocycles. The highest BCUT2D eigenvalue weighted by atomic mass is 16.5. The molecule has 1 unspecified atom stereocenters. The maximum absolute atomic E-state index is 11.9. The lowest BCUT2D eigenvalue weighted by atomic mass is 10.1. The van der Waals surface area contributed by atoms with Crippen LogP contribution in [0.1, 0.15) is 38.7 Å². The Bertz CT molecular complexity index is 542. The third-order valence-corrected chi connectivity index (χ3v) is 3.61. The molecule has 0 bridgehead atoms. The van der Waals surface area contributed by atoms with E-state index in [0.29, 0.717) is 18.7 Å². The number of rotatable bonds is 5. The van der Waals surface area contributed by atoms with Crippen LogP contribution in [0.5, 0.6) is 5.75 Å². The molecule has 5 nitrogen and oxygen atoms in total. The second kappa shape index (κ2) is 6.61. The van der Waals surface area contributed by atoms with Crippen molar-refractivity contribution in [3.05, 3.63) is 23.8 Å². The lowest BCUT2D eigenvalue weighted by molar-refractivity contribution is -0.125. The highest BCUT2D eigenvalue weighted by molar-refractivity contribution is 5.99.